The molecule has 1 saturated heterocycles. The van der Waals surface area contributed by atoms with E-state index in [1.54, 1.807) is 4.90 Å². The Labute approximate surface area is 161 Å². The summed E-state index contributed by atoms with van der Waals surface area (Å²) < 4.78 is 7.38. The van der Waals surface area contributed by atoms with E-state index in [-0.39, 0.29) is 6.04 Å². The van der Waals surface area contributed by atoms with E-state index in [9.17, 15) is 5.26 Å². The van der Waals surface area contributed by atoms with Gasteiger partial charge in [0.25, 0.3) is 5.89 Å². The van der Waals surface area contributed by atoms with Crippen molar-refractivity contribution in [2.45, 2.75) is 18.9 Å². The van der Waals surface area contributed by atoms with E-state index in [0.717, 1.165) is 47.0 Å². The topological polar surface area (TPSA) is 83.8 Å². The molecule has 1 atom stereocenters. The first-order chi connectivity index (χ1) is 13.7. The van der Waals surface area contributed by atoms with Crippen molar-refractivity contribution in [1.29, 1.82) is 5.26 Å². The van der Waals surface area contributed by atoms with Crippen LogP contribution < -0.4 is 0 Å². The highest BCUT2D eigenvalue weighted by Gasteiger charge is 2.29. The van der Waals surface area contributed by atoms with E-state index in [1.165, 1.54) is 0 Å². The van der Waals surface area contributed by atoms with Gasteiger partial charge < -0.3 is 4.52 Å². The number of benzene rings is 2. The van der Waals surface area contributed by atoms with Gasteiger partial charge in [0.2, 0.25) is 0 Å². The van der Waals surface area contributed by atoms with Crippen LogP contribution in [0, 0.1) is 11.5 Å². The van der Waals surface area contributed by atoms with Gasteiger partial charge in [0.1, 0.15) is 6.04 Å². The molecular formula is C21H18N6O. The van der Waals surface area contributed by atoms with E-state index < -0.39 is 0 Å². The average Bonchev–Trinajstić information content (AvgIpc) is 3.47. The third kappa shape index (κ3) is 2.70. The van der Waals surface area contributed by atoms with Crippen molar-refractivity contribution >= 4 is 10.9 Å². The van der Waals surface area contributed by atoms with Crippen molar-refractivity contribution in [3.63, 3.8) is 0 Å². The summed E-state index contributed by atoms with van der Waals surface area (Å²) in [6, 6.07) is 14.3. The summed E-state index contributed by atoms with van der Waals surface area (Å²) >= 11 is 0. The summed E-state index contributed by atoms with van der Waals surface area (Å²) in [5.41, 5.74) is 4.12. The van der Waals surface area contributed by atoms with Crippen LogP contribution in [0.5, 0.6) is 0 Å². The molecule has 7 nitrogen and oxygen atoms in total. The average molecular weight is 370 g/mol. The minimum absolute atomic E-state index is 0.0852. The fourth-order valence-corrected chi connectivity index (χ4v) is 3.80. The van der Waals surface area contributed by atoms with Crippen LogP contribution in [0.25, 0.3) is 33.5 Å². The van der Waals surface area contributed by atoms with Gasteiger partial charge in [-0.05, 0) is 42.2 Å². The summed E-state index contributed by atoms with van der Waals surface area (Å²) in [4.78, 5) is 6.28. The van der Waals surface area contributed by atoms with Gasteiger partial charge in [-0.15, -0.1) is 0 Å². The molecule has 1 unspecified atom stereocenters. The highest BCUT2D eigenvalue weighted by atomic mass is 16.5. The number of likely N-dealkylation sites (tertiary alicyclic amines) is 1. The van der Waals surface area contributed by atoms with Gasteiger partial charge in [0.15, 0.2) is 12.0 Å². The lowest BCUT2D eigenvalue weighted by atomic mass is 10.0. The number of nitrogens with zero attached hydrogens (tertiary/aromatic N) is 6. The monoisotopic (exact) mass is 370 g/mol. The number of hydrogen-bond donors (Lipinski definition) is 0. The number of nitriles is 1. The Morgan fingerprint density at radius 1 is 1.14 bits per heavy atom. The maximum Gasteiger partial charge on any atom is 0.258 e. The fourth-order valence-electron chi connectivity index (χ4n) is 3.80. The lowest BCUT2D eigenvalue weighted by Gasteiger charge is -2.13. The Hall–Kier alpha value is -3.66. The standard InChI is InChI=1S/C21H18N6O/c1-26-19-11-15(7-8-17(19)12-23-26)14-4-2-5-16(10-14)21-24-20(25-28-21)18-6-3-9-27(18)13-22/h2,4-5,7-8,10-12,18H,3,6,9H2,1H3. The van der Waals surface area contributed by atoms with Crippen LogP contribution in [-0.2, 0) is 7.05 Å². The molecular weight excluding hydrogens is 352 g/mol. The molecule has 0 N–H and O–H groups in total. The van der Waals surface area contributed by atoms with Gasteiger partial charge in [0.05, 0.1) is 11.7 Å². The first kappa shape index (κ1) is 16.5. The molecule has 5 rings (SSSR count). The van der Waals surface area contributed by atoms with Gasteiger partial charge in [-0.1, -0.05) is 29.4 Å². The van der Waals surface area contributed by atoms with Crippen molar-refractivity contribution in [2.24, 2.45) is 7.05 Å². The van der Waals surface area contributed by atoms with Crippen LogP contribution >= 0.6 is 0 Å². The Morgan fingerprint density at radius 3 is 2.89 bits per heavy atom. The molecule has 28 heavy (non-hydrogen) atoms. The Kier molecular flexibility index (Phi) is 3.83. The third-order valence-corrected chi connectivity index (χ3v) is 5.31. The number of fused-ring (bicyclic) bond motifs is 1. The molecule has 1 aliphatic heterocycles. The molecule has 4 aromatic rings. The van der Waals surface area contributed by atoms with E-state index >= 15 is 0 Å². The predicted molar refractivity (Wildman–Crippen MR) is 104 cm³/mol. The Bertz CT molecular complexity index is 1200. The van der Waals surface area contributed by atoms with Crippen molar-refractivity contribution < 1.29 is 4.52 Å². The molecule has 2 aromatic heterocycles. The molecule has 0 saturated carbocycles. The lowest BCUT2D eigenvalue weighted by Crippen LogP contribution is -2.17. The molecule has 2 aromatic carbocycles. The van der Waals surface area contributed by atoms with Crippen molar-refractivity contribution in [3.8, 4) is 28.8 Å². The highest BCUT2D eigenvalue weighted by molar-refractivity contribution is 5.85. The molecule has 0 bridgehead atoms. The molecule has 7 heteroatoms. The molecule has 1 aliphatic rings. The second kappa shape index (κ2) is 6.50. The van der Waals surface area contributed by atoms with E-state index in [1.807, 2.05) is 36.1 Å². The van der Waals surface area contributed by atoms with Crippen LogP contribution in [-0.4, -0.2) is 31.4 Å². The molecule has 1 fully saturated rings. The zero-order valence-electron chi connectivity index (χ0n) is 15.4. The molecule has 0 amide bonds. The van der Waals surface area contributed by atoms with Crippen molar-refractivity contribution in [1.82, 2.24) is 24.8 Å². The van der Waals surface area contributed by atoms with Gasteiger partial charge in [-0.3, -0.25) is 9.58 Å². The quantitative estimate of drug-likeness (QED) is 0.509. The molecule has 0 radical (unpaired) electrons. The van der Waals surface area contributed by atoms with Gasteiger partial charge in [0, 0.05) is 24.5 Å². The summed E-state index contributed by atoms with van der Waals surface area (Å²) in [6.45, 7) is 0.747. The Morgan fingerprint density at radius 2 is 2.00 bits per heavy atom. The zero-order chi connectivity index (χ0) is 19.1. The first-order valence-corrected chi connectivity index (χ1v) is 9.25. The summed E-state index contributed by atoms with van der Waals surface area (Å²) in [5.74, 6) is 1.05. The highest BCUT2D eigenvalue weighted by Crippen LogP contribution is 2.32. The Balaban J connectivity index is 1.49. The maximum absolute atomic E-state index is 9.25. The van der Waals surface area contributed by atoms with E-state index in [0.29, 0.717) is 11.7 Å². The largest absolute Gasteiger partial charge is 0.334 e. The smallest absolute Gasteiger partial charge is 0.258 e. The van der Waals surface area contributed by atoms with Gasteiger partial charge in [-0.2, -0.15) is 15.3 Å². The number of rotatable bonds is 3. The van der Waals surface area contributed by atoms with Gasteiger partial charge in [-0.25, -0.2) is 0 Å². The molecule has 138 valence electrons. The molecule has 0 spiro atoms. The fraction of sp³-hybridized carbons (Fsp3) is 0.238. The predicted octanol–water partition coefficient (Wildman–Crippen LogP) is 3.91. The number of hydrogen-bond acceptors (Lipinski definition) is 6. The minimum Gasteiger partial charge on any atom is -0.334 e. The van der Waals surface area contributed by atoms with Crippen molar-refractivity contribution in [2.75, 3.05) is 6.54 Å². The molecule has 0 aliphatic carbocycles. The zero-order valence-corrected chi connectivity index (χ0v) is 15.4. The SMILES string of the molecule is Cn1ncc2ccc(-c3cccc(-c4nc(C5CCCN5C#N)no4)c3)cc21. The van der Waals surface area contributed by atoms with E-state index in [2.05, 4.69) is 45.7 Å². The summed E-state index contributed by atoms with van der Waals surface area (Å²) in [6.07, 6.45) is 5.92. The van der Waals surface area contributed by atoms with Crippen LogP contribution in [0.2, 0.25) is 0 Å². The molecule has 3 heterocycles. The maximum atomic E-state index is 9.25. The second-order valence-electron chi connectivity index (χ2n) is 7.03. The number of aryl methyl sites for hydroxylation is 1. The first-order valence-electron chi connectivity index (χ1n) is 9.25. The second-order valence-corrected chi connectivity index (χ2v) is 7.03. The van der Waals surface area contributed by atoms with Crippen LogP contribution in [0.1, 0.15) is 24.7 Å². The summed E-state index contributed by atoms with van der Waals surface area (Å²) in [5, 5.41) is 18.8. The number of aromatic nitrogens is 4. The van der Waals surface area contributed by atoms with Crippen molar-refractivity contribution in [3.05, 3.63) is 54.5 Å². The van der Waals surface area contributed by atoms with Gasteiger partial charge >= 0.3 is 0 Å². The van der Waals surface area contributed by atoms with E-state index in [4.69, 9.17) is 4.52 Å². The minimum atomic E-state index is -0.0852. The van der Waals surface area contributed by atoms with Crippen LogP contribution in [0.3, 0.4) is 0 Å². The summed E-state index contributed by atoms with van der Waals surface area (Å²) in [7, 11) is 1.94. The third-order valence-electron chi connectivity index (χ3n) is 5.31. The van der Waals surface area contributed by atoms with Crippen LogP contribution in [0.15, 0.2) is 53.2 Å². The lowest BCUT2D eigenvalue weighted by molar-refractivity contribution is 0.339. The van der Waals surface area contributed by atoms with Crippen LogP contribution in [0.4, 0.5) is 0 Å². The normalized spacial score (nSPS) is 16.6.